The third kappa shape index (κ3) is 3.88. The lowest BCUT2D eigenvalue weighted by atomic mass is 10.6. The Morgan fingerprint density at radius 3 is 2.00 bits per heavy atom. The predicted octanol–water partition coefficient (Wildman–Crippen LogP) is -1.82. The first-order valence-electron chi connectivity index (χ1n) is 1.76. The molecule has 0 rings (SSSR count). The Kier molecular flexibility index (Phi) is 3.02. The summed E-state index contributed by atoms with van der Waals surface area (Å²) in [5.41, 5.74) is 1.71. The zero-order valence-corrected chi connectivity index (χ0v) is 5.63. The lowest BCUT2D eigenvalue weighted by molar-refractivity contribution is 0.00251. The van der Waals surface area contributed by atoms with E-state index in [0.29, 0.717) is 0 Å². The van der Waals surface area contributed by atoms with Crippen molar-refractivity contribution < 1.29 is 10.2 Å². The van der Waals surface area contributed by atoms with Crippen LogP contribution in [0.2, 0.25) is 0 Å². The van der Waals surface area contributed by atoms with Gasteiger partial charge in [-0.15, -0.1) is 5.70 Å². The van der Waals surface area contributed by atoms with Crippen molar-refractivity contribution in [1.29, 1.82) is 0 Å². The fourth-order valence-corrected chi connectivity index (χ4v) is 0.516. The number of hydrogen-bond acceptors (Lipinski definition) is 2. The fraction of sp³-hybridized carbons (Fsp3) is 0.333. The minimum Gasteiger partial charge on any atom is -0.365 e. The molecular weight excluding hydrogens is 96.1 g/mol. The molecule has 2 N–H and O–H groups in total. The molecule has 0 saturated carbocycles. The highest BCUT2D eigenvalue weighted by Crippen LogP contribution is 1.71. The summed E-state index contributed by atoms with van der Waals surface area (Å²) < 4.78 is 0. The quantitative estimate of drug-likeness (QED) is 0.304. The normalized spacial score (nSPS) is 11.8. The fourth-order valence-electron chi connectivity index (χ4n) is 0.172. The Hall–Kier alpha value is -0.123. The smallest absolute Gasteiger partial charge is 0.170 e. The van der Waals surface area contributed by atoms with Gasteiger partial charge in [-0.05, 0) is 6.08 Å². The van der Waals surface area contributed by atoms with Crippen LogP contribution in [0.25, 0.3) is 0 Å². The van der Waals surface area contributed by atoms with E-state index in [9.17, 15) is 0 Å². The first-order chi connectivity index (χ1) is 2.77. The molecule has 0 aromatic carbocycles. The van der Waals surface area contributed by atoms with Crippen molar-refractivity contribution in [1.82, 2.24) is 0 Å². The zero-order chi connectivity index (χ0) is 4.99. The summed E-state index contributed by atoms with van der Waals surface area (Å²) in [6.45, 7) is 0. The van der Waals surface area contributed by atoms with Gasteiger partial charge in [0, 0.05) is 10.2 Å². The lowest BCUT2D eigenvalue weighted by Crippen LogP contribution is -1.96. The molecule has 2 nitrogen and oxygen atoms in total. The van der Waals surface area contributed by atoms with E-state index in [4.69, 9.17) is 10.2 Å². The molecule has 0 aliphatic heterocycles. The van der Waals surface area contributed by atoms with Crippen LogP contribution in [-0.4, -0.2) is 26.7 Å². The lowest BCUT2D eigenvalue weighted by Gasteiger charge is -1.86. The van der Waals surface area contributed by atoms with Gasteiger partial charge in [0.15, 0.2) is 6.29 Å². The first kappa shape index (κ1) is 5.88. The van der Waals surface area contributed by atoms with Crippen molar-refractivity contribution in [2.45, 2.75) is 6.29 Å². The summed E-state index contributed by atoms with van der Waals surface area (Å²) in [7, 11) is 0.886. The largest absolute Gasteiger partial charge is 0.365 e. The summed E-state index contributed by atoms with van der Waals surface area (Å²) in [5.74, 6) is 0. The molecule has 0 aromatic rings. The van der Waals surface area contributed by atoms with Crippen LogP contribution in [0.1, 0.15) is 0 Å². The molecule has 0 bridgehead atoms. The Morgan fingerprint density at radius 1 is 1.50 bits per heavy atom. The Morgan fingerprint density at radius 2 is 2.00 bits per heavy atom. The standard InChI is InChI=1S/C3H8O2Si/c4-3(5)1-2-6/h1-5H,6H3. The second-order valence-electron chi connectivity index (χ2n) is 0.939. The minimum absolute atomic E-state index is 0.886. The summed E-state index contributed by atoms with van der Waals surface area (Å²) in [5, 5.41) is 16.1. The van der Waals surface area contributed by atoms with Crippen LogP contribution < -0.4 is 0 Å². The SMILES string of the molecule is OC(O)C=C[SiH3]. The van der Waals surface area contributed by atoms with Crippen LogP contribution in [0, 0.1) is 0 Å². The molecule has 0 saturated heterocycles. The second-order valence-corrected chi connectivity index (χ2v) is 1.61. The predicted molar refractivity (Wildman–Crippen MR) is 27.3 cm³/mol. The van der Waals surface area contributed by atoms with E-state index in [0.717, 1.165) is 10.2 Å². The van der Waals surface area contributed by atoms with Gasteiger partial charge in [-0.25, -0.2) is 0 Å². The summed E-state index contributed by atoms with van der Waals surface area (Å²) >= 11 is 0. The molecule has 0 radical (unpaired) electrons. The van der Waals surface area contributed by atoms with E-state index >= 15 is 0 Å². The van der Waals surface area contributed by atoms with E-state index in [1.165, 1.54) is 6.08 Å². The van der Waals surface area contributed by atoms with Gasteiger partial charge in [-0.3, -0.25) is 0 Å². The van der Waals surface area contributed by atoms with Gasteiger partial charge in [-0.1, -0.05) is 0 Å². The van der Waals surface area contributed by atoms with Crippen molar-refractivity contribution in [3.05, 3.63) is 11.8 Å². The molecule has 0 fully saturated rings. The van der Waals surface area contributed by atoms with Crippen LogP contribution in [-0.2, 0) is 0 Å². The monoisotopic (exact) mass is 104 g/mol. The molecule has 6 heavy (non-hydrogen) atoms. The van der Waals surface area contributed by atoms with E-state index in [2.05, 4.69) is 0 Å². The highest BCUT2D eigenvalue weighted by Gasteiger charge is 1.79. The molecule has 0 amide bonds. The Labute approximate surface area is 39.5 Å². The highest BCUT2D eigenvalue weighted by molar-refractivity contribution is 6.16. The van der Waals surface area contributed by atoms with Gasteiger partial charge in [-0.2, -0.15) is 0 Å². The summed E-state index contributed by atoms with van der Waals surface area (Å²) in [4.78, 5) is 0. The van der Waals surface area contributed by atoms with E-state index < -0.39 is 6.29 Å². The number of aliphatic hydroxyl groups is 2. The molecule has 0 aliphatic carbocycles. The van der Waals surface area contributed by atoms with Crippen molar-refractivity contribution in [2.24, 2.45) is 0 Å². The van der Waals surface area contributed by atoms with E-state index in [1.54, 1.807) is 5.70 Å². The highest BCUT2D eigenvalue weighted by atomic mass is 28.1. The van der Waals surface area contributed by atoms with Crippen LogP contribution in [0.5, 0.6) is 0 Å². The van der Waals surface area contributed by atoms with Crippen molar-refractivity contribution in [2.75, 3.05) is 0 Å². The molecule has 3 heteroatoms. The average molecular weight is 104 g/mol. The van der Waals surface area contributed by atoms with Gasteiger partial charge in [0.05, 0.1) is 0 Å². The molecular formula is C3H8O2Si. The topological polar surface area (TPSA) is 40.5 Å². The third-order valence-electron chi connectivity index (χ3n) is 0.365. The Balaban J connectivity index is 3.03. The van der Waals surface area contributed by atoms with Crippen molar-refractivity contribution in [3.63, 3.8) is 0 Å². The van der Waals surface area contributed by atoms with Gasteiger partial charge in [0.1, 0.15) is 0 Å². The van der Waals surface area contributed by atoms with Crippen LogP contribution in [0.4, 0.5) is 0 Å². The maximum Gasteiger partial charge on any atom is 0.170 e. The van der Waals surface area contributed by atoms with E-state index in [-0.39, 0.29) is 0 Å². The minimum atomic E-state index is -1.25. The first-order valence-corrected chi connectivity index (χ1v) is 2.92. The number of hydrogen-bond donors (Lipinski definition) is 2. The van der Waals surface area contributed by atoms with Crippen molar-refractivity contribution in [3.8, 4) is 0 Å². The van der Waals surface area contributed by atoms with Crippen molar-refractivity contribution >= 4 is 10.2 Å². The molecule has 0 unspecified atom stereocenters. The molecule has 0 aliphatic rings. The molecule has 0 heterocycles. The molecule has 0 atom stereocenters. The maximum atomic E-state index is 8.04. The van der Waals surface area contributed by atoms with Gasteiger partial charge in [0.25, 0.3) is 0 Å². The molecule has 0 aromatic heterocycles. The molecule has 36 valence electrons. The summed E-state index contributed by atoms with van der Waals surface area (Å²) in [6.07, 6.45) is 0.0918. The Bertz CT molecular complexity index is 50.8. The maximum absolute atomic E-state index is 8.04. The number of rotatable bonds is 1. The summed E-state index contributed by atoms with van der Waals surface area (Å²) in [6, 6.07) is 0. The van der Waals surface area contributed by atoms with Crippen LogP contribution >= 0.6 is 0 Å². The van der Waals surface area contributed by atoms with Crippen LogP contribution in [0.3, 0.4) is 0 Å². The van der Waals surface area contributed by atoms with Gasteiger partial charge < -0.3 is 10.2 Å². The second kappa shape index (κ2) is 3.08. The zero-order valence-electron chi connectivity index (χ0n) is 3.63. The number of aliphatic hydroxyl groups excluding tert-OH is 1. The van der Waals surface area contributed by atoms with Crippen LogP contribution in [0.15, 0.2) is 11.8 Å². The van der Waals surface area contributed by atoms with E-state index in [1.807, 2.05) is 0 Å². The van der Waals surface area contributed by atoms with Gasteiger partial charge in [0.2, 0.25) is 0 Å². The van der Waals surface area contributed by atoms with Gasteiger partial charge >= 0.3 is 0 Å². The average Bonchev–Trinajstić information content (AvgIpc) is 1.35. The third-order valence-corrected chi connectivity index (χ3v) is 0.749. The molecule has 0 spiro atoms.